The number of hydrogen-bond donors (Lipinski definition) is 1. The lowest BCUT2D eigenvalue weighted by molar-refractivity contribution is -0.147. The quantitative estimate of drug-likeness (QED) is 0.657. The third-order valence-electron chi connectivity index (χ3n) is 2.47. The molecule has 1 rings (SSSR count). The van der Waals surface area contributed by atoms with Gasteiger partial charge in [0.25, 0.3) is 5.91 Å². The van der Waals surface area contributed by atoms with Crippen molar-refractivity contribution in [3.63, 3.8) is 0 Å². The first-order valence-electron chi connectivity index (χ1n) is 5.08. The Bertz CT molecular complexity index is 263. The second-order valence-corrected chi connectivity index (χ2v) is 4.59. The molecule has 0 aromatic heterocycles. The summed E-state index contributed by atoms with van der Waals surface area (Å²) in [6.45, 7) is 5.35. The third kappa shape index (κ3) is 3.51. The number of esters is 1. The van der Waals surface area contributed by atoms with Crippen molar-refractivity contribution < 1.29 is 14.3 Å². The van der Waals surface area contributed by atoms with Gasteiger partial charge in [-0.15, -0.1) is 0 Å². The lowest BCUT2D eigenvalue weighted by atomic mass is 9.93. The van der Waals surface area contributed by atoms with Gasteiger partial charge in [0.15, 0.2) is 6.61 Å². The predicted octanol–water partition coefficient (Wildman–Crippen LogP) is -0.253. The molecular weight excluding hydrogens is 196 g/mol. The zero-order chi connectivity index (χ0) is 11.5. The number of ether oxygens (including phenoxy) is 1. The molecule has 1 amide bonds. The van der Waals surface area contributed by atoms with Crippen LogP contribution in [0.1, 0.15) is 20.3 Å². The molecule has 0 unspecified atom stereocenters. The summed E-state index contributed by atoms with van der Waals surface area (Å²) in [4.78, 5) is 24.2. The van der Waals surface area contributed by atoms with E-state index in [9.17, 15) is 9.59 Å². The summed E-state index contributed by atoms with van der Waals surface area (Å²) < 4.78 is 4.73. The van der Waals surface area contributed by atoms with Crippen LogP contribution in [0.3, 0.4) is 0 Å². The van der Waals surface area contributed by atoms with Crippen molar-refractivity contribution in [3.05, 3.63) is 0 Å². The molecule has 0 atom stereocenters. The minimum Gasteiger partial charge on any atom is -0.456 e. The van der Waals surface area contributed by atoms with E-state index in [1.165, 1.54) is 0 Å². The van der Waals surface area contributed by atoms with Gasteiger partial charge in [-0.05, 0) is 12.0 Å². The third-order valence-corrected chi connectivity index (χ3v) is 2.47. The number of rotatable bonds is 3. The van der Waals surface area contributed by atoms with E-state index < -0.39 is 0 Å². The molecule has 15 heavy (non-hydrogen) atoms. The molecule has 1 aliphatic heterocycles. The number of nitrogens with zero attached hydrogens (tertiary/aromatic N) is 1. The highest BCUT2D eigenvalue weighted by molar-refractivity contribution is 5.83. The first-order valence-corrected chi connectivity index (χ1v) is 5.08. The lowest BCUT2D eigenvalue weighted by Gasteiger charge is -2.30. The highest BCUT2D eigenvalue weighted by atomic mass is 16.5. The SMILES string of the molecule is CC(C)(CN)CN1CCC(=O)OCC1=O. The van der Waals surface area contributed by atoms with Crippen molar-refractivity contribution in [1.82, 2.24) is 4.90 Å². The number of hydrogen-bond acceptors (Lipinski definition) is 4. The first kappa shape index (κ1) is 12.0. The van der Waals surface area contributed by atoms with Gasteiger partial charge in [-0.1, -0.05) is 13.8 Å². The molecule has 1 aliphatic rings. The fraction of sp³-hybridized carbons (Fsp3) is 0.800. The molecule has 2 N–H and O–H groups in total. The van der Waals surface area contributed by atoms with Crippen LogP contribution in [0, 0.1) is 5.41 Å². The van der Waals surface area contributed by atoms with Crippen molar-refractivity contribution in [3.8, 4) is 0 Å². The van der Waals surface area contributed by atoms with Gasteiger partial charge in [0, 0.05) is 13.1 Å². The number of carbonyl (C=O) groups is 2. The largest absolute Gasteiger partial charge is 0.456 e. The van der Waals surface area contributed by atoms with E-state index in [4.69, 9.17) is 10.5 Å². The maximum atomic E-state index is 11.6. The topological polar surface area (TPSA) is 72.6 Å². The number of nitrogens with two attached hydrogens (primary N) is 1. The van der Waals surface area contributed by atoms with Crippen LogP contribution in [0.25, 0.3) is 0 Å². The predicted molar refractivity (Wildman–Crippen MR) is 55.0 cm³/mol. The van der Waals surface area contributed by atoms with Gasteiger partial charge in [0.2, 0.25) is 0 Å². The molecule has 5 nitrogen and oxygen atoms in total. The summed E-state index contributed by atoms with van der Waals surface area (Å²) in [5, 5.41) is 0. The summed E-state index contributed by atoms with van der Waals surface area (Å²) in [5.74, 6) is -0.446. The molecule has 0 bridgehead atoms. The highest BCUT2D eigenvalue weighted by Crippen LogP contribution is 2.16. The van der Waals surface area contributed by atoms with Crippen LogP contribution < -0.4 is 5.73 Å². The van der Waals surface area contributed by atoms with Gasteiger partial charge in [-0.3, -0.25) is 9.59 Å². The summed E-state index contributed by atoms with van der Waals surface area (Å²) in [7, 11) is 0. The van der Waals surface area contributed by atoms with Gasteiger partial charge >= 0.3 is 5.97 Å². The molecule has 0 saturated carbocycles. The van der Waals surface area contributed by atoms with E-state index in [-0.39, 0.29) is 30.3 Å². The van der Waals surface area contributed by atoms with Crippen LogP contribution >= 0.6 is 0 Å². The van der Waals surface area contributed by atoms with Gasteiger partial charge in [0.05, 0.1) is 6.42 Å². The zero-order valence-corrected chi connectivity index (χ0v) is 9.28. The first-order chi connectivity index (χ1) is 6.94. The Morgan fingerprint density at radius 1 is 1.47 bits per heavy atom. The molecule has 0 aromatic rings. The minimum absolute atomic E-state index is 0.122. The Labute approximate surface area is 89.6 Å². The fourth-order valence-electron chi connectivity index (χ4n) is 1.41. The number of carbonyl (C=O) groups excluding carboxylic acids is 2. The normalized spacial score (nSPS) is 18.7. The second kappa shape index (κ2) is 4.61. The van der Waals surface area contributed by atoms with E-state index in [1.807, 2.05) is 13.8 Å². The average Bonchev–Trinajstić information content (AvgIpc) is 2.33. The van der Waals surface area contributed by atoms with E-state index in [0.717, 1.165) is 0 Å². The van der Waals surface area contributed by atoms with Crippen LogP contribution in [0.5, 0.6) is 0 Å². The minimum atomic E-state index is -0.309. The van der Waals surface area contributed by atoms with Gasteiger partial charge in [-0.2, -0.15) is 0 Å². The summed E-state index contributed by atoms with van der Waals surface area (Å²) in [6, 6.07) is 0. The average molecular weight is 214 g/mol. The Balaban J connectivity index is 2.60. The molecule has 1 fully saturated rings. The number of amides is 1. The van der Waals surface area contributed by atoms with Gasteiger partial charge in [-0.25, -0.2) is 0 Å². The highest BCUT2D eigenvalue weighted by Gasteiger charge is 2.27. The van der Waals surface area contributed by atoms with Crippen LogP contribution in [0.4, 0.5) is 0 Å². The van der Waals surface area contributed by atoms with Crippen LogP contribution in [-0.2, 0) is 14.3 Å². The van der Waals surface area contributed by atoms with E-state index in [2.05, 4.69) is 0 Å². The molecule has 0 spiro atoms. The monoisotopic (exact) mass is 214 g/mol. The molecule has 0 radical (unpaired) electrons. The molecule has 1 saturated heterocycles. The van der Waals surface area contributed by atoms with Crippen LogP contribution in [0.15, 0.2) is 0 Å². The van der Waals surface area contributed by atoms with E-state index in [0.29, 0.717) is 19.6 Å². The lowest BCUT2D eigenvalue weighted by Crippen LogP contribution is -2.42. The Morgan fingerprint density at radius 2 is 2.13 bits per heavy atom. The Kier molecular flexibility index (Phi) is 3.68. The standard InChI is InChI=1S/C10H18N2O3/c1-10(2,6-11)7-12-4-3-9(14)15-5-8(12)13/h3-7,11H2,1-2H3. The van der Waals surface area contributed by atoms with Crippen molar-refractivity contribution >= 4 is 11.9 Å². The molecule has 86 valence electrons. The summed E-state index contributed by atoms with van der Waals surface area (Å²) >= 11 is 0. The Hall–Kier alpha value is -1.10. The fourth-order valence-corrected chi connectivity index (χ4v) is 1.41. The molecular formula is C10H18N2O3. The van der Waals surface area contributed by atoms with Crippen molar-refractivity contribution in [1.29, 1.82) is 0 Å². The van der Waals surface area contributed by atoms with Gasteiger partial charge < -0.3 is 15.4 Å². The Morgan fingerprint density at radius 3 is 2.73 bits per heavy atom. The molecule has 0 aromatic carbocycles. The van der Waals surface area contributed by atoms with E-state index in [1.54, 1.807) is 4.90 Å². The number of cyclic esters (lactones) is 1. The van der Waals surface area contributed by atoms with Crippen molar-refractivity contribution in [2.24, 2.45) is 11.1 Å². The molecule has 5 heteroatoms. The van der Waals surface area contributed by atoms with Crippen LogP contribution in [0.2, 0.25) is 0 Å². The second-order valence-electron chi connectivity index (χ2n) is 4.59. The van der Waals surface area contributed by atoms with Crippen LogP contribution in [-0.4, -0.2) is 43.0 Å². The molecule has 0 aliphatic carbocycles. The van der Waals surface area contributed by atoms with Gasteiger partial charge in [0.1, 0.15) is 0 Å². The molecule has 1 heterocycles. The summed E-state index contributed by atoms with van der Waals surface area (Å²) in [5.41, 5.74) is 5.48. The zero-order valence-electron chi connectivity index (χ0n) is 9.28. The maximum Gasteiger partial charge on any atom is 0.308 e. The van der Waals surface area contributed by atoms with E-state index >= 15 is 0 Å². The smallest absolute Gasteiger partial charge is 0.308 e. The van der Waals surface area contributed by atoms with Crippen molar-refractivity contribution in [2.45, 2.75) is 20.3 Å². The summed E-state index contributed by atoms with van der Waals surface area (Å²) in [6.07, 6.45) is 0.270. The maximum absolute atomic E-state index is 11.6. The van der Waals surface area contributed by atoms with Crippen molar-refractivity contribution in [2.75, 3.05) is 26.2 Å².